The van der Waals surface area contributed by atoms with Gasteiger partial charge in [-0.05, 0) is 42.1 Å². The number of thiophene rings is 1. The molecule has 0 spiro atoms. The van der Waals surface area contributed by atoms with Gasteiger partial charge in [0.1, 0.15) is 0 Å². The Hall–Kier alpha value is -1.17. The van der Waals surface area contributed by atoms with Crippen molar-refractivity contribution >= 4 is 40.7 Å². The monoisotopic (exact) mass is 340 g/mol. The second-order valence-corrected chi connectivity index (χ2v) is 6.95. The average Bonchev–Trinajstić information content (AvgIpc) is 2.99. The highest BCUT2D eigenvalue weighted by Crippen LogP contribution is 2.19. The maximum Gasteiger partial charge on any atom is 0.314 e. The number of amides is 2. The zero-order valence-corrected chi connectivity index (χ0v) is 13.9. The molecule has 0 atom stereocenters. The molecule has 2 amide bonds. The number of rotatable bonds is 7. The number of hydrogen-bond donors (Lipinski definition) is 2. The molecule has 0 saturated heterocycles. The van der Waals surface area contributed by atoms with Crippen LogP contribution in [0.4, 0.5) is 4.79 Å². The van der Waals surface area contributed by atoms with E-state index in [-0.39, 0.29) is 6.03 Å². The molecule has 112 valence electrons. The molecule has 0 aliphatic carbocycles. The molecule has 2 N–H and O–H groups in total. The zero-order chi connectivity index (χ0) is 14.9. The van der Waals surface area contributed by atoms with Crippen molar-refractivity contribution in [2.75, 3.05) is 18.8 Å². The largest absolute Gasteiger partial charge is 0.338 e. The average molecular weight is 341 g/mol. The van der Waals surface area contributed by atoms with E-state index in [2.05, 4.69) is 16.7 Å². The fraction of sp³-hybridized carbons (Fsp3) is 0.267. The Balaban J connectivity index is 1.53. The summed E-state index contributed by atoms with van der Waals surface area (Å²) >= 11 is 9.23. The van der Waals surface area contributed by atoms with E-state index in [1.165, 1.54) is 4.88 Å². The molecule has 0 aliphatic rings. The number of carbonyl (C=O) groups excluding carboxylic acids is 1. The van der Waals surface area contributed by atoms with Gasteiger partial charge >= 0.3 is 6.03 Å². The SMILES string of the molecule is O=C(NCCSc1ccc(Cl)cc1)NCCc1cccs1. The number of urea groups is 1. The van der Waals surface area contributed by atoms with Crippen molar-refractivity contribution in [1.29, 1.82) is 0 Å². The van der Waals surface area contributed by atoms with Gasteiger partial charge < -0.3 is 10.6 Å². The Morgan fingerprint density at radius 2 is 1.90 bits per heavy atom. The summed E-state index contributed by atoms with van der Waals surface area (Å²) in [6, 6.07) is 11.7. The Kier molecular flexibility index (Phi) is 6.92. The second kappa shape index (κ2) is 8.97. The first-order valence-corrected chi connectivity index (χ1v) is 8.91. The van der Waals surface area contributed by atoms with E-state index in [0.29, 0.717) is 13.1 Å². The lowest BCUT2D eigenvalue weighted by atomic mass is 10.3. The fourth-order valence-corrected chi connectivity index (χ4v) is 3.28. The Labute approximate surface area is 138 Å². The molecule has 2 aromatic rings. The molecule has 0 bridgehead atoms. The molecule has 0 aliphatic heterocycles. The predicted octanol–water partition coefficient (Wildman–Crippen LogP) is 4.04. The summed E-state index contributed by atoms with van der Waals surface area (Å²) in [6.45, 7) is 1.30. The molecule has 1 aromatic carbocycles. The van der Waals surface area contributed by atoms with Gasteiger partial charge in [0, 0.05) is 33.6 Å². The van der Waals surface area contributed by atoms with Crippen molar-refractivity contribution in [2.24, 2.45) is 0 Å². The summed E-state index contributed by atoms with van der Waals surface area (Å²) in [5.74, 6) is 0.833. The minimum Gasteiger partial charge on any atom is -0.338 e. The quantitative estimate of drug-likeness (QED) is 0.590. The van der Waals surface area contributed by atoms with Crippen LogP contribution in [0.15, 0.2) is 46.7 Å². The van der Waals surface area contributed by atoms with Crippen LogP contribution in [0.5, 0.6) is 0 Å². The maximum absolute atomic E-state index is 11.6. The van der Waals surface area contributed by atoms with Crippen molar-refractivity contribution in [3.63, 3.8) is 0 Å². The van der Waals surface area contributed by atoms with Crippen molar-refractivity contribution < 1.29 is 4.79 Å². The van der Waals surface area contributed by atoms with Crippen molar-refractivity contribution in [3.8, 4) is 0 Å². The van der Waals surface area contributed by atoms with Crippen molar-refractivity contribution in [2.45, 2.75) is 11.3 Å². The lowest BCUT2D eigenvalue weighted by Crippen LogP contribution is -2.37. The van der Waals surface area contributed by atoms with Crippen molar-refractivity contribution in [1.82, 2.24) is 10.6 Å². The number of thioether (sulfide) groups is 1. The van der Waals surface area contributed by atoms with E-state index >= 15 is 0 Å². The van der Waals surface area contributed by atoms with Crippen LogP contribution in [0.1, 0.15) is 4.88 Å². The van der Waals surface area contributed by atoms with Gasteiger partial charge in [-0.3, -0.25) is 0 Å². The van der Waals surface area contributed by atoms with Crippen LogP contribution < -0.4 is 10.6 Å². The van der Waals surface area contributed by atoms with E-state index in [4.69, 9.17) is 11.6 Å². The summed E-state index contributed by atoms with van der Waals surface area (Å²) in [6.07, 6.45) is 0.880. The number of halogens is 1. The molecule has 2 rings (SSSR count). The fourth-order valence-electron chi connectivity index (χ4n) is 1.68. The molecule has 0 fully saturated rings. The number of nitrogens with one attached hydrogen (secondary N) is 2. The van der Waals surface area contributed by atoms with E-state index in [1.54, 1.807) is 23.1 Å². The lowest BCUT2D eigenvalue weighted by Gasteiger charge is -2.07. The van der Waals surface area contributed by atoms with E-state index < -0.39 is 0 Å². The molecule has 21 heavy (non-hydrogen) atoms. The zero-order valence-electron chi connectivity index (χ0n) is 11.5. The molecule has 6 heteroatoms. The Morgan fingerprint density at radius 3 is 2.62 bits per heavy atom. The van der Waals surface area contributed by atoms with Gasteiger partial charge in [-0.2, -0.15) is 0 Å². The summed E-state index contributed by atoms with van der Waals surface area (Å²) in [7, 11) is 0. The number of benzene rings is 1. The number of hydrogen-bond acceptors (Lipinski definition) is 3. The van der Waals surface area contributed by atoms with Crippen LogP contribution in [0, 0.1) is 0 Å². The summed E-state index contributed by atoms with van der Waals surface area (Å²) < 4.78 is 0. The Morgan fingerprint density at radius 1 is 1.14 bits per heavy atom. The van der Waals surface area contributed by atoms with Gasteiger partial charge in [-0.1, -0.05) is 17.7 Å². The van der Waals surface area contributed by atoms with Crippen LogP contribution in [0.2, 0.25) is 5.02 Å². The highest BCUT2D eigenvalue weighted by Gasteiger charge is 2.00. The third-order valence-electron chi connectivity index (χ3n) is 2.71. The van der Waals surface area contributed by atoms with Crippen LogP contribution in [-0.2, 0) is 6.42 Å². The standard InChI is InChI=1S/C15H17ClN2OS2/c16-12-3-5-14(6-4-12)21-11-9-18-15(19)17-8-7-13-2-1-10-20-13/h1-6,10H,7-9,11H2,(H2,17,18,19). The smallest absolute Gasteiger partial charge is 0.314 e. The normalized spacial score (nSPS) is 10.3. The predicted molar refractivity (Wildman–Crippen MR) is 91.6 cm³/mol. The summed E-state index contributed by atoms with van der Waals surface area (Å²) in [4.78, 5) is 14.0. The molecule has 0 unspecified atom stereocenters. The molecule has 0 radical (unpaired) electrons. The first kappa shape index (κ1) is 16.2. The van der Waals surface area contributed by atoms with Crippen LogP contribution in [0.25, 0.3) is 0 Å². The second-order valence-electron chi connectivity index (χ2n) is 4.31. The van der Waals surface area contributed by atoms with Gasteiger partial charge in [-0.25, -0.2) is 4.79 Å². The highest BCUT2D eigenvalue weighted by molar-refractivity contribution is 7.99. The van der Waals surface area contributed by atoms with Crippen LogP contribution in [-0.4, -0.2) is 24.9 Å². The van der Waals surface area contributed by atoms with E-state index in [9.17, 15) is 4.79 Å². The molecule has 3 nitrogen and oxygen atoms in total. The first-order chi connectivity index (χ1) is 10.2. The third-order valence-corrected chi connectivity index (χ3v) is 4.91. The summed E-state index contributed by atoms with van der Waals surface area (Å²) in [5.41, 5.74) is 0. The minimum absolute atomic E-state index is 0.108. The Bertz CT molecular complexity index is 543. The van der Waals surface area contributed by atoms with Gasteiger partial charge in [-0.15, -0.1) is 23.1 Å². The molecule has 1 heterocycles. The van der Waals surface area contributed by atoms with Gasteiger partial charge in [0.2, 0.25) is 0 Å². The molecule has 0 saturated carbocycles. The molecule has 1 aromatic heterocycles. The van der Waals surface area contributed by atoms with Gasteiger partial charge in [0.25, 0.3) is 0 Å². The third kappa shape index (κ3) is 6.42. The minimum atomic E-state index is -0.108. The van der Waals surface area contributed by atoms with Crippen molar-refractivity contribution in [3.05, 3.63) is 51.7 Å². The molecular formula is C15H17ClN2OS2. The summed E-state index contributed by atoms with van der Waals surface area (Å²) in [5, 5.41) is 8.49. The van der Waals surface area contributed by atoms with E-state index in [1.807, 2.05) is 35.7 Å². The van der Waals surface area contributed by atoms with Gasteiger partial charge in [0.05, 0.1) is 0 Å². The number of carbonyl (C=O) groups is 1. The van der Waals surface area contributed by atoms with Crippen LogP contribution in [0.3, 0.4) is 0 Å². The topological polar surface area (TPSA) is 41.1 Å². The van der Waals surface area contributed by atoms with Crippen LogP contribution >= 0.6 is 34.7 Å². The van der Waals surface area contributed by atoms with E-state index in [0.717, 1.165) is 22.1 Å². The molecular weight excluding hydrogens is 324 g/mol. The first-order valence-electron chi connectivity index (χ1n) is 6.66. The van der Waals surface area contributed by atoms with Gasteiger partial charge in [0.15, 0.2) is 0 Å². The maximum atomic E-state index is 11.6. The lowest BCUT2D eigenvalue weighted by molar-refractivity contribution is 0.241. The highest BCUT2D eigenvalue weighted by atomic mass is 35.5.